The van der Waals surface area contributed by atoms with E-state index in [9.17, 15) is 43.5 Å². The lowest BCUT2D eigenvalue weighted by Gasteiger charge is -2.21. The Kier molecular flexibility index (Phi) is 93.5. The number of aliphatic hydroxyl groups is 2. The summed E-state index contributed by atoms with van der Waals surface area (Å²) in [6, 6.07) is 0. The molecule has 0 saturated heterocycles. The van der Waals surface area contributed by atoms with Crippen LogP contribution >= 0.6 is 15.6 Å². The van der Waals surface area contributed by atoms with Gasteiger partial charge in [-0.2, -0.15) is 0 Å². The maximum Gasteiger partial charge on any atom is 0.472 e. The quantitative estimate of drug-likeness (QED) is 0.0146. The number of hydrogen-bond acceptors (Lipinski definition) is 14. The van der Waals surface area contributed by atoms with Crippen LogP contribution in [0.25, 0.3) is 0 Å². The molecular weight excluding hydrogens is 1600 g/mol. The molecule has 0 heterocycles. The lowest BCUT2D eigenvalue weighted by molar-refractivity contribution is -0.161. The van der Waals surface area contributed by atoms with Crippen LogP contribution in [0.5, 0.6) is 0 Å². The summed E-state index contributed by atoms with van der Waals surface area (Å²) < 4.78 is 61.7. The topological polar surface area (TPSA) is 231 Å². The van der Waals surface area contributed by atoms with Crippen molar-refractivity contribution in [2.45, 2.75) is 437 Å². The zero-order valence-corrected chi connectivity index (χ0v) is 81.0. The van der Waals surface area contributed by atoms with Gasteiger partial charge < -0.3 is 34.2 Å². The molecule has 0 fully saturated rings. The zero-order chi connectivity index (χ0) is 90.7. The number of esters is 3. The van der Waals surface area contributed by atoms with Crippen LogP contribution in [0.4, 0.5) is 0 Å². The predicted molar refractivity (Wildman–Crippen MR) is 528 cm³/mol. The minimum absolute atomic E-state index is 0.0955. The first kappa shape index (κ1) is 120. The van der Waals surface area contributed by atoms with Crippen molar-refractivity contribution in [1.82, 2.24) is 0 Å². The van der Waals surface area contributed by atoms with Crippen molar-refractivity contribution in [3.63, 3.8) is 0 Å². The fraction of sp³-hybridized carbons (Fsp3) is 0.692. The minimum Gasteiger partial charge on any atom is -0.463 e. The third-order valence-corrected chi connectivity index (χ3v) is 23.0. The average Bonchev–Trinajstić information content (AvgIpc) is 0.898. The molecule has 0 aromatic heterocycles. The lowest BCUT2D eigenvalue weighted by atomic mass is 10.0. The fourth-order valence-electron chi connectivity index (χ4n) is 13.6. The van der Waals surface area contributed by atoms with Crippen molar-refractivity contribution in [3.8, 4) is 0 Å². The number of allylic oxidation sites excluding steroid dienone is 30. The van der Waals surface area contributed by atoms with Gasteiger partial charge in [-0.1, -0.05) is 421 Å². The minimum atomic E-state index is -4.95. The number of carbonyl (C=O) groups excluding carboxylic acids is 3. The van der Waals surface area contributed by atoms with Crippen molar-refractivity contribution >= 4 is 33.6 Å². The second kappa shape index (κ2) is 97.7. The lowest BCUT2D eigenvalue weighted by Crippen LogP contribution is -2.30. The molecule has 0 aromatic carbocycles. The highest BCUT2D eigenvalue weighted by atomic mass is 31.2. The summed E-state index contributed by atoms with van der Waals surface area (Å²) in [5.74, 6) is -1.57. The van der Waals surface area contributed by atoms with Crippen LogP contribution < -0.4 is 0 Å². The number of carbonyl (C=O) groups is 3. The van der Waals surface area contributed by atoms with Gasteiger partial charge in [0.1, 0.15) is 25.4 Å². The summed E-state index contributed by atoms with van der Waals surface area (Å²) in [4.78, 5) is 59.2. The van der Waals surface area contributed by atoms with Crippen LogP contribution in [-0.4, -0.2) is 95.9 Å². The summed E-state index contributed by atoms with van der Waals surface area (Å²) in [6.45, 7) is 2.48. The van der Waals surface area contributed by atoms with E-state index in [-0.39, 0.29) is 19.3 Å². The van der Waals surface area contributed by atoms with E-state index in [2.05, 4.69) is 203 Å². The number of rotatable bonds is 94. The number of phosphoric ester groups is 2. The van der Waals surface area contributed by atoms with Gasteiger partial charge in [0.05, 0.1) is 26.4 Å². The van der Waals surface area contributed by atoms with Gasteiger partial charge >= 0.3 is 33.6 Å². The number of hydrogen-bond donors (Lipinski definition) is 4. The number of phosphoric acid groups is 2. The van der Waals surface area contributed by atoms with Crippen LogP contribution in [0.2, 0.25) is 0 Å². The van der Waals surface area contributed by atoms with E-state index in [1.807, 2.05) is 0 Å². The second-order valence-corrected chi connectivity index (χ2v) is 36.1. The molecule has 0 aliphatic carbocycles. The maximum absolute atomic E-state index is 13.1. The Bertz CT molecular complexity index is 3000. The van der Waals surface area contributed by atoms with E-state index in [4.69, 9.17) is 32.3 Å². The molecule has 5 atom stereocenters. The van der Waals surface area contributed by atoms with Gasteiger partial charge in [0.25, 0.3) is 0 Å². The van der Waals surface area contributed by atoms with E-state index >= 15 is 0 Å². The molecule has 16 nitrogen and oxygen atoms in total. The van der Waals surface area contributed by atoms with E-state index in [0.717, 1.165) is 173 Å². The van der Waals surface area contributed by atoms with Crippen LogP contribution in [0.3, 0.4) is 0 Å². The Morgan fingerprint density at radius 1 is 0.232 bits per heavy atom. The molecule has 716 valence electrons. The normalized spacial score (nSPS) is 14.5. The number of aliphatic hydroxyl groups excluding tert-OH is 2. The first-order chi connectivity index (χ1) is 61.2. The molecule has 0 saturated carbocycles. The highest BCUT2D eigenvalue weighted by molar-refractivity contribution is 7.47. The van der Waals surface area contributed by atoms with Gasteiger partial charge in [-0.15, -0.1) is 0 Å². The molecule has 5 unspecified atom stereocenters. The van der Waals surface area contributed by atoms with E-state index in [1.54, 1.807) is 0 Å². The first-order valence-electron chi connectivity index (χ1n) is 50.1. The van der Waals surface area contributed by atoms with Gasteiger partial charge in [-0.05, 0) is 161 Å². The summed E-state index contributed by atoms with van der Waals surface area (Å²) in [7, 11) is -9.82. The Morgan fingerprint density at radius 3 is 0.672 bits per heavy atom. The van der Waals surface area contributed by atoms with Gasteiger partial charge in [0.15, 0.2) is 6.10 Å². The summed E-state index contributed by atoms with van der Waals surface area (Å²) in [5.41, 5.74) is 0. The molecule has 0 radical (unpaired) electrons. The molecular formula is C107H182O16P2. The first-order valence-corrected chi connectivity index (χ1v) is 53.1. The highest BCUT2D eigenvalue weighted by Crippen LogP contribution is 2.45. The largest absolute Gasteiger partial charge is 0.472 e. The third-order valence-electron chi connectivity index (χ3n) is 21.1. The van der Waals surface area contributed by atoms with Gasteiger partial charge in [0.2, 0.25) is 0 Å². The molecule has 0 aliphatic heterocycles. The summed E-state index contributed by atoms with van der Waals surface area (Å²) >= 11 is 0. The van der Waals surface area contributed by atoms with Crippen molar-refractivity contribution in [2.24, 2.45) is 0 Å². The molecule has 125 heavy (non-hydrogen) atoms. The van der Waals surface area contributed by atoms with Crippen molar-refractivity contribution in [2.75, 3.05) is 39.6 Å². The van der Waals surface area contributed by atoms with Crippen LogP contribution in [-0.2, 0) is 55.8 Å². The molecule has 0 amide bonds. The van der Waals surface area contributed by atoms with Crippen molar-refractivity contribution in [1.29, 1.82) is 0 Å². The molecule has 0 rings (SSSR count). The monoisotopic (exact) mass is 1790 g/mol. The van der Waals surface area contributed by atoms with Gasteiger partial charge in [0, 0.05) is 19.3 Å². The highest BCUT2D eigenvalue weighted by Gasteiger charge is 2.30. The molecule has 0 spiro atoms. The standard InChI is InChI=1S/C107H182O16P2/c1-4-7-10-13-16-19-22-25-28-31-34-37-40-43-46-48-49-50-51-53-56-57-60-63-66-69-72-75-78-81-84-87-90-93-105(110)117-96-102(108)97-119-124(113,114)120-98-103(109)99-121-125(115,116)122-101-104(123-107(112)95-92-89-86-83-80-77-74-71-68-65-62-59-54-45-42-39-36-33-30-27-24-21-18-15-12-9-6-3)100-118-106(111)94-91-88-85-82-79-76-73-70-67-64-61-58-55-52-47-44-41-38-35-32-29-26-23-20-17-14-11-8-5-2/h7-8,10-11,16-21,25-30,34-39,43-47,54-55,58,102-104,108-109H,4-6,9,12-15,22-24,31-33,40-42,48-53,56-57,59-101H2,1-3H3,(H,113,114)(H,115,116)/b10-7-,11-8-,19-16-,20-17-,21-18-,28-25-,29-26-,30-27-,37-34-,38-35-,39-36-,46-43-,47-44-,54-45-,58-55-. The van der Waals surface area contributed by atoms with E-state index < -0.39 is 91.5 Å². The summed E-state index contributed by atoms with van der Waals surface area (Å²) in [6.07, 6.45) is 129. The predicted octanol–water partition coefficient (Wildman–Crippen LogP) is 31.6. The Morgan fingerprint density at radius 2 is 0.424 bits per heavy atom. The van der Waals surface area contributed by atoms with E-state index in [1.165, 1.54) is 186 Å². The fourth-order valence-corrected chi connectivity index (χ4v) is 15.2. The molecule has 4 N–H and O–H groups in total. The summed E-state index contributed by atoms with van der Waals surface area (Å²) in [5, 5.41) is 20.8. The smallest absolute Gasteiger partial charge is 0.463 e. The molecule has 0 bridgehead atoms. The van der Waals surface area contributed by atoms with Crippen LogP contribution in [0, 0.1) is 0 Å². The Labute approximate surface area is 764 Å². The van der Waals surface area contributed by atoms with Crippen LogP contribution in [0.15, 0.2) is 182 Å². The molecule has 0 aliphatic rings. The van der Waals surface area contributed by atoms with Crippen LogP contribution in [0.1, 0.15) is 419 Å². The number of unbranched alkanes of at least 4 members (excludes halogenated alkanes) is 41. The average molecular weight is 1790 g/mol. The third kappa shape index (κ3) is 99.1. The molecule has 18 heteroatoms. The van der Waals surface area contributed by atoms with Gasteiger partial charge in [-0.25, -0.2) is 9.13 Å². The Hall–Kier alpha value is -5.35. The maximum atomic E-state index is 13.1. The second-order valence-electron chi connectivity index (χ2n) is 33.2. The van der Waals surface area contributed by atoms with E-state index in [0.29, 0.717) is 19.3 Å². The van der Waals surface area contributed by atoms with Crippen molar-refractivity contribution < 1.29 is 75.8 Å². The zero-order valence-electron chi connectivity index (χ0n) is 79.2. The Balaban J connectivity index is 4.62. The molecule has 0 aromatic rings. The number of ether oxygens (including phenoxy) is 3. The van der Waals surface area contributed by atoms with Gasteiger partial charge in [-0.3, -0.25) is 32.5 Å². The van der Waals surface area contributed by atoms with Crippen molar-refractivity contribution in [3.05, 3.63) is 182 Å². The SMILES string of the molecule is CC/C=C\C/C=C\C/C=C\C/C=C\C/C=C\C/C=C\CCCCCCCCCCCCC(=O)OCC(COP(=O)(O)OCC(O)COP(=O)(O)OCC(O)COC(=O)CCCCCCCCCCCCCCCCCCC/C=C\C/C=C\C/C=C\C/C=C\C/C=C\CC)OC(=O)CCCCCCCCCCCCC/C=C\C/C=C\C/C=C\C/C=C\CCCCC.